The van der Waals surface area contributed by atoms with Gasteiger partial charge in [0.05, 0.1) is 0 Å². The molecule has 1 N–H and O–H groups in total. The van der Waals surface area contributed by atoms with Gasteiger partial charge in [0.15, 0.2) is 0 Å². The molecule has 0 heterocycles. The smallest absolute Gasteiger partial charge is 0.317 e. The highest BCUT2D eigenvalue weighted by Crippen LogP contribution is 2.23. The van der Waals surface area contributed by atoms with Crippen molar-refractivity contribution in [3.05, 3.63) is 6.92 Å². The van der Waals surface area contributed by atoms with Gasteiger partial charge in [-0.1, -0.05) is 84.0 Å². The van der Waals surface area contributed by atoms with Crippen LogP contribution in [0.5, 0.6) is 0 Å². The molecule has 0 unspecified atom stereocenters. The number of nitrogens with one attached hydrogen (secondary N) is 1. The van der Waals surface area contributed by atoms with Gasteiger partial charge in [-0.05, 0) is 32.4 Å². The molecule has 0 aliphatic heterocycles. The number of unbranched alkanes of at least 4 members (excludes halogenated alkanes) is 13. The fourth-order valence-corrected chi connectivity index (χ4v) is 2.89. The molecule has 0 amide bonds. The fraction of sp³-hybridized carbons (Fsp3) is 0.950. The van der Waals surface area contributed by atoms with Crippen LogP contribution in [0, 0.1) is 6.92 Å². The van der Waals surface area contributed by atoms with E-state index in [1.807, 2.05) is 0 Å². The third-order valence-electron chi connectivity index (χ3n) is 4.42. The maximum atomic E-state index is 12.0. The van der Waals surface area contributed by atoms with Gasteiger partial charge in [0.2, 0.25) is 0 Å². The third-order valence-corrected chi connectivity index (χ3v) is 4.42. The van der Waals surface area contributed by atoms with Gasteiger partial charge in [0, 0.05) is 6.42 Å². The van der Waals surface area contributed by atoms with Gasteiger partial charge < -0.3 is 5.32 Å². The average molecular weight is 351 g/mol. The molecule has 0 aliphatic carbocycles. The quantitative estimate of drug-likeness (QED) is 0.257. The van der Waals surface area contributed by atoms with Crippen molar-refractivity contribution >= 4 is 0 Å². The van der Waals surface area contributed by atoms with Crippen LogP contribution in [-0.2, 0) is 0 Å². The van der Waals surface area contributed by atoms with E-state index in [4.69, 9.17) is 0 Å². The minimum absolute atomic E-state index is 0.300. The Kier molecular flexibility index (Phi) is 17.4. The van der Waals surface area contributed by atoms with E-state index < -0.39 is 12.6 Å². The Morgan fingerprint density at radius 3 is 1.33 bits per heavy atom. The van der Waals surface area contributed by atoms with E-state index in [0.717, 1.165) is 38.8 Å². The van der Waals surface area contributed by atoms with E-state index in [1.54, 1.807) is 0 Å². The molecule has 0 aromatic rings. The van der Waals surface area contributed by atoms with Gasteiger partial charge in [0.25, 0.3) is 0 Å². The monoisotopic (exact) mass is 350 g/mol. The van der Waals surface area contributed by atoms with Crippen molar-refractivity contribution in [2.24, 2.45) is 0 Å². The standard InChI is InChI=1S/C20H39F3N/c1-2-3-18-24-19-16-14-12-10-8-6-4-5-7-9-11-13-15-17-20(21,22)23/h24H,1-19H2. The van der Waals surface area contributed by atoms with Crippen LogP contribution in [0.3, 0.4) is 0 Å². The summed E-state index contributed by atoms with van der Waals surface area (Å²) in [5, 5.41) is 3.44. The summed E-state index contributed by atoms with van der Waals surface area (Å²) in [5.74, 6) is 0. The highest BCUT2D eigenvalue weighted by atomic mass is 19.4. The molecule has 0 spiro atoms. The predicted octanol–water partition coefficient (Wildman–Crippen LogP) is 7.21. The Morgan fingerprint density at radius 1 is 0.542 bits per heavy atom. The van der Waals surface area contributed by atoms with Crippen LogP contribution in [-0.4, -0.2) is 19.3 Å². The predicted molar refractivity (Wildman–Crippen MR) is 98.2 cm³/mol. The van der Waals surface area contributed by atoms with Crippen molar-refractivity contribution in [2.75, 3.05) is 13.1 Å². The molecule has 0 bridgehead atoms. The van der Waals surface area contributed by atoms with Crippen molar-refractivity contribution in [3.63, 3.8) is 0 Å². The summed E-state index contributed by atoms with van der Waals surface area (Å²) in [6.07, 6.45) is 12.4. The number of alkyl halides is 3. The first-order chi connectivity index (χ1) is 11.6. The van der Waals surface area contributed by atoms with Crippen LogP contribution in [0.4, 0.5) is 13.2 Å². The highest BCUT2D eigenvalue weighted by Gasteiger charge is 2.25. The van der Waals surface area contributed by atoms with Crippen LogP contribution < -0.4 is 5.32 Å². The lowest BCUT2D eigenvalue weighted by Crippen LogP contribution is -2.16. The molecule has 0 saturated heterocycles. The Morgan fingerprint density at radius 2 is 0.917 bits per heavy atom. The van der Waals surface area contributed by atoms with Crippen molar-refractivity contribution < 1.29 is 13.2 Å². The molecule has 24 heavy (non-hydrogen) atoms. The number of rotatable bonds is 18. The van der Waals surface area contributed by atoms with Crippen LogP contribution >= 0.6 is 0 Å². The molecule has 0 atom stereocenters. The Balaban J connectivity index is 3.00. The van der Waals surface area contributed by atoms with Gasteiger partial charge in [-0.25, -0.2) is 0 Å². The number of hydrogen-bond donors (Lipinski definition) is 1. The van der Waals surface area contributed by atoms with E-state index in [9.17, 15) is 13.2 Å². The zero-order valence-corrected chi connectivity index (χ0v) is 15.6. The second kappa shape index (κ2) is 17.6. The van der Waals surface area contributed by atoms with Crippen molar-refractivity contribution in [3.8, 4) is 0 Å². The lowest BCUT2D eigenvalue weighted by molar-refractivity contribution is -0.135. The van der Waals surface area contributed by atoms with Crippen LogP contribution in [0.15, 0.2) is 0 Å². The molecule has 0 aromatic carbocycles. The third kappa shape index (κ3) is 21.8. The van der Waals surface area contributed by atoms with Crippen molar-refractivity contribution in [1.29, 1.82) is 0 Å². The molecule has 1 radical (unpaired) electrons. The molecule has 4 heteroatoms. The second-order valence-corrected chi connectivity index (χ2v) is 6.92. The van der Waals surface area contributed by atoms with Gasteiger partial charge in [-0.3, -0.25) is 0 Å². The summed E-state index contributed by atoms with van der Waals surface area (Å²) < 4.78 is 35.9. The minimum atomic E-state index is -3.97. The first-order valence-corrected chi connectivity index (χ1v) is 10.1. The lowest BCUT2D eigenvalue weighted by Gasteiger charge is -2.06. The number of halogens is 3. The molecule has 0 aromatic heterocycles. The molecule has 0 aliphatic rings. The minimum Gasteiger partial charge on any atom is -0.317 e. The van der Waals surface area contributed by atoms with Gasteiger partial charge in [0.1, 0.15) is 0 Å². The first-order valence-electron chi connectivity index (χ1n) is 10.1. The molecular weight excluding hydrogens is 311 g/mol. The first kappa shape index (κ1) is 23.8. The maximum Gasteiger partial charge on any atom is 0.389 e. The number of hydrogen-bond acceptors (Lipinski definition) is 1. The largest absolute Gasteiger partial charge is 0.389 e. The SMILES string of the molecule is [CH2]CCCNCCCCCCCCCCCCCCCC(F)(F)F. The fourth-order valence-electron chi connectivity index (χ4n) is 2.89. The van der Waals surface area contributed by atoms with Crippen LogP contribution in [0.2, 0.25) is 0 Å². The molecule has 0 rings (SSSR count). The van der Waals surface area contributed by atoms with E-state index in [1.165, 1.54) is 64.2 Å². The van der Waals surface area contributed by atoms with Crippen molar-refractivity contribution in [2.45, 2.75) is 109 Å². The van der Waals surface area contributed by atoms with Crippen LogP contribution in [0.25, 0.3) is 0 Å². The second-order valence-electron chi connectivity index (χ2n) is 6.92. The van der Waals surface area contributed by atoms with Crippen molar-refractivity contribution in [1.82, 2.24) is 5.32 Å². The summed E-state index contributed by atoms with van der Waals surface area (Å²) >= 11 is 0. The Labute approximate surface area is 148 Å². The summed E-state index contributed by atoms with van der Waals surface area (Å²) in [7, 11) is 0. The summed E-state index contributed by atoms with van der Waals surface area (Å²) in [6, 6.07) is 0. The Bertz CT molecular complexity index is 242. The van der Waals surface area contributed by atoms with Gasteiger partial charge in [-0.15, -0.1) is 0 Å². The Hall–Kier alpha value is -0.250. The molecule has 0 fully saturated rings. The maximum absolute atomic E-state index is 12.0. The van der Waals surface area contributed by atoms with Crippen LogP contribution in [0.1, 0.15) is 103 Å². The summed E-state index contributed by atoms with van der Waals surface area (Å²) in [6.45, 7) is 6.07. The highest BCUT2D eigenvalue weighted by molar-refractivity contribution is 4.53. The zero-order chi connectivity index (χ0) is 17.9. The average Bonchev–Trinajstić information content (AvgIpc) is 2.52. The topological polar surface area (TPSA) is 12.0 Å². The van der Waals surface area contributed by atoms with E-state index in [0.29, 0.717) is 6.42 Å². The molecule has 0 saturated carbocycles. The van der Waals surface area contributed by atoms with E-state index >= 15 is 0 Å². The van der Waals surface area contributed by atoms with Gasteiger partial charge >= 0.3 is 6.18 Å². The lowest BCUT2D eigenvalue weighted by atomic mass is 10.0. The van der Waals surface area contributed by atoms with E-state index in [-0.39, 0.29) is 0 Å². The summed E-state index contributed by atoms with van der Waals surface area (Å²) in [5.41, 5.74) is 0. The summed E-state index contributed by atoms with van der Waals surface area (Å²) in [4.78, 5) is 0. The molecular formula is C20H39F3N. The van der Waals surface area contributed by atoms with E-state index in [2.05, 4.69) is 12.2 Å². The normalized spacial score (nSPS) is 12.0. The molecule has 145 valence electrons. The zero-order valence-electron chi connectivity index (χ0n) is 15.6. The van der Waals surface area contributed by atoms with Gasteiger partial charge in [-0.2, -0.15) is 13.2 Å². The molecule has 1 nitrogen and oxygen atoms in total.